The topological polar surface area (TPSA) is 46.3 Å². The third kappa shape index (κ3) is 3.50. The van der Waals surface area contributed by atoms with Crippen LogP contribution in [0.2, 0.25) is 0 Å². The first kappa shape index (κ1) is 16.5. The molecule has 1 amide bonds. The highest BCUT2D eigenvalue weighted by Gasteiger charge is 2.31. The number of benzene rings is 1. The molecule has 0 radical (unpaired) electrons. The van der Waals surface area contributed by atoms with Crippen molar-refractivity contribution < 1.29 is 4.79 Å². The molecule has 1 aromatic carbocycles. The number of nitrogens with two attached hydrogens (primary N) is 1. The number of likely N-dealkylation sites (tertiary alicyclic amines) is 1. The number of hydrogen-bond donors (Lipinski definition) is 1. The Morgan fingerprint density at radius 1 is 1.47 bits per heavy atom. The van der Waals surface area contributed by atoms with Crippen molar-refractivity contribution in [1.82, 2.24) is 4.90 Å². The van der Waals surface area contributed by atoms with Gasteiger partial charge in [0, 0.05) is 23.6 Å². The Kier molecular flexibility index (Phi) is 6.30. The summed E-state index contributed by atoms with van der Waals surface area (Å²) in [5, 5.41) is 0. The molecular weight excluding hydrogens is 328 g/mol. The summed E-state index contributed by atoms with van der Waals surface area (Å²) in [6, 6.07) is 7.73. The highest BCUT2D eigenvalue weighted by Crippen LogP contribution is 2.26. The molecule has 1 heterocycles. The quantitative estimate of drug-likeness (QED) is 0.893. The van der Waals surface area contributed by atoms with E-state index in [4.69, 9.17) is 5.73 Å². The van der Waals surface area contributed by atoms with Gasteiger partial charge >= 0.3 is 0 Å². The fourth-order valence-electron chi connectivity index (χ4n) is 2.65. The summed E-state index contributed by atoms with van der Waals surface area (Å²) in [7, 11) is 0. The van der Waals surface area contributed by atoms with E-state index in [-0.39, 0.29) is 24.4 Å². The Labute approximate surface area is 129 Å². The molecule has 2 rings (SSSR count). The van der Waals surface area contributed by atoms with E-state index in [1.165, 1.54) is 0 Å². The average Bonchev–Trinajstić information content (AvgIpc) is 2.38. The van der Waals surface area contributed by atoms with Crippen molar-refractivity contribution in [2.75, 3.05) is 13.1 Å². The normalized spacial score (nSPS) is 22.8. The molecule has 0 saturated carbocycles. The Balaban J connectivity index is 0.00000180. The molecule has 1 aliphatic rings. The monoisotopic (exact) mass is 346 g/mol. The van der Waals surface area contributed by atoms with Gasteiger partial charge in [-0.05, 0) is 46.8 Å². The molecule has 106 valence electrons. The third-order valence-electron chi connectivity index (χ3n) is 3.72. The van der Waals surface area contributed by atoms with Gasteiger partial charge in [-0.2, -0.15) is 0 Å². The SMILES string of the molecule is CC1CCCN(C(=O)c2ccccc2Br)C1CN.Cl. The van der Waals surface area contributed by atoms with E-state index in [2.05, 4.69) is 22.9 Å². The van der Waals surface area contributed by atoms with Gasteiger partial charge in [0.15, 0.2) is 0 Å². The number of carbonyl (C=O) groups is 1. The lowest BCUT2D eigenvalue weighted by atomic mass is 9.90. The zero-order valence-corrected chi connectivity index (χ0v) is 13.4. The largest absolute Gasteiger partial charge is 0.334 e. The second-order valence-corrected chi connectivity index (χ2v) is 5.76. The maximum absolute atomic E-state index is 12.6. The summed E-state index contributed by atoms with van der Waals surface area (Å²) in [6.07, 6.45) is 2.22. The minimum absolute atomic E-state index is 0. The fraction of sp³-hybridized carbons (Fsp3) is 0.500. The molecule has 1 aromatic rings. The van der Waals surface area contributed by atoms with Crippen molar-refractivity contribution in [2.24, 2.45) is 11.7 Å². The Morgan fingerprint density at radius 3 is 2.79 bits per heavy atom. The van der Waals surface area contributed by atoms with Gasteiger partial charge in [0.2, 0.25) is 0 Å². The zero-order chi connectivity index (χ0) is 13.1. The number of hydrogen-bond acceptors (Lipinski definition) is 2. The van der Waals surface area contributed by atoms with E-state index in [1.807, 2.05) is 29.2 Å². The van der Waals surface area contributed by atoms with Crippen molar-refractivity contribution in [3.8, 4) is 0 Å². The number of nitrogens with zero attached hydrogens (tertiary/aromatic N) is 1. The van der Waals surface area contributed by atoms with Gasteiger partial charge in [0.1, 0.15) is 0 Å². The van der Waals surface area contributed by atoms with Crippen LogP contribution >= 0.6 is 28.3 Å². The number of halogens is 2. The lowest BCUT2D eigenvalue weighted by Crippen LogP contribution is -2.51. The van der Waals surface area contributed by atoms with E-state index in [0.29, 0.717) is 12.5 Å². The van der Waals surface area contributed by atoms with Crippen LogP contribution in [-0.2, 0) is 0 Å². The molecule has 1 aliphatic heterocycles. The molecular formula is C14H20BrClN2O. The van der Waals surface area contributed by atoms with Gasteiger partial charge in [-0.1, -0.05) is 19.1 Å². The maximum atomic E-state index is 12.6. The number of piperidine rings is 1. The standard InChI is InChI=1S/C14H19BrN2O.ClH/c1-10-5-4-8-17(13(10)9-16)14(18)11-6-2-3-7-12(11)15;/h2-3,6-7,10,13H,4-5,8-9,16H2,1H3;1H. The van der Waals surface area contributed by atoms with Crippen molar-refractivity contribution in [3.05, 3.63) is 34.3 Å². The van der Waals surface area contributed by atoms with Crippen molar-refractivity contribution in [3.63, 3.8) is 0 Å². The summed E-state index contributed by atoms with van der Waals surface area (Å²) in [4.78, 5) is 14.5. The molecule has 1 fully saturated rings. The van der Waals surface area contributed by atoms with Crippen LogP contribution in [-0.4, -0.2) is 29.9 Å². The highest BCUT2D eigenvalue weighted by atomic mass is 79.9. The Hall–Kier alpha value is -0.580. The van der Waals surface area contributed by atoms with Crippen LogP contribution in [0.15, 0.2) is 28.7 Å². The Bertz CT molecular complexity index is 441. The third-order valence-corrected chi connectivity index (χ3v) is 4.41. The molecule has 0 bridgehead atoms. The van der Waals surface area contributed by atoms with Crippen molar-refractivity contribution >= 4 is 34.2 Å². The van der Waals surface area contributed by atoms with Crippen molar-refractivity contribution in [1.29, 1.82) is 0 Å². The highest BCUT2D eigenvalue weighted by molar-refractivity contribution is 9.10. The van der Waals surface area contributed by atoms with Crippen molar-refractivity contribution in [2.45, 2.75) is 25.8 Å². The summed E-state index contributed by atoms with van der Waals surface area (Å²) >= 11 is 3.44. The summed E-state index contributed by atoms with van der Waals surface area (Å²) in [5.41, 5.74) is 6.56. The zero-order valence-electron chi connectivity index (χ0n) is 11.0. The molecule has 0 spiro atoms. The Morgan fingerprint density at radius 2 is 2.16 bits per heavy atom. The predicted molar refractivity (Wildman–Crippen MR) is 83.7 cm³/mol. The fourth-order valence-corrected chi connectivity index (χ4v) is 3.10. The molecule has 1 saturated heterocycles. The molecule has 2 unspecified atom stereocenters. The summed E-state index contributed by atoms with van der Waals surface area (Å²) in [6.45, 7) is 3.53. The second-order valence-electron chi connectivity index (χ2n) is 4.90. The van der Waals surface area contributed by atoms with Crippen LogP contribution in [0.25, 0.3) is 0 Å². The minimum atomic E-state index is 0. The molecule has 3 nitrogen and oxygen atoms in total. The van der Waals surface area contributed by atoms with E-state index >= 15 is 0 Å². The number of amides is 1. The first-order valence-corrected chi connectivity index (χ1v) is 7.20. The van der Waals surface area contributed by atoms with Crippen LogP contribution in [0.1, 0.15) is 30.1 Å². The van der Waals surface area contributed by atoms with Gasteiger partial charge in [0.05, 0.1) is 5.56 Å². The molecule has 2 N–H and O–H groups in total. The van der Waals surface area contributed by atoms with E-state index in [0.717, 1.165) is 29.4 Å². The minimum Gasteiger partial charge on any atom is -0.334 e. The lowest BCUT2D eigenvalue weighted by Gasteiger charge is -2.39. The second kappa shape index (κ2) is 7.27. The van der Waals surface area contributed by atoms with Gasteiger partial charge in [0.25, 0.3) is 5.91 Å². The maximum Gasteiger partial charge on any atom is 0.255 e. The molecule has 5 heteroatoms. The molecule has 0 aromatic heterocycles. The van der Waals surface area contributed by atoms with E-state index in [1.54, 1.807) is 0 Å². The van der Waals surface area contributed by atoms with E-state index < -0.39 is 0 Å². The predicted octanol–water partition coefficient (Wildman–Crippen LogP) is 3.07. The van der Waals surface area contributed by atoms with Gasteiger partial charge in [-0.25, -0.2) is 0 Å². The molecule has 19 heavy (non-hydrogen) atoms. The summed E-state index contributed by atoms with van der Waals surface area (Å²) in [5.74, 6) is 0.569. The number of rotatable bonds is 2. The van der Waals surface area contributed by atoms with Crippen LogP contribution in [0.4, 0.5) is 0 Å². The first-order chi connectivity index (χ1) is 8.65. The van der Waals surface area contributed by atoms with Crippen LogP contribution < -0.4 is 5.73 Å². The van der Waals surface area contributed by atoms with Crippen LogP contribution in [0.3, 0.4) is 0 Å². The number of carbonyl (C=O) groups excluding carboxylic acids is 1. The van der Waals surface area contributed by atoms with Gasteiger partial charge < -0.3 is 10.6 Å². The molecule has 0 aliphatic carbocycles. The average molecular weight is 348 g/mol. The summed E-state index contributed by atoms with van der Waals surface area (Å²) < 4.78 is 0.851. The van der Waals surface area contributed by atoms with E-state index in [9.17, 15) is 4.79 Å². The van der Waals surface area contributed by atoms with Crippen LogP contribution in [0, 0.1) is 5.92 Å². The van der Waals surface area contributed by atoms with Crippen LogP contribution in [0.5, 0.6) is 0 Å². The molecule has 2 atom stereocenters. The van der Waals surface area contributed by atoms with Gasteiger partial charge in [-0.15, -0.1) is 12.4 Å². The first-order valence-electron chi connectivity index (χ1n) is 6.40. The van der Waals surface area contributed by atoms with Gasteiger partial charge in [-0.3, -0.25) is 4.79 Å². The smallest absolute Gasteiger partial charge is 0.255 e. The lowest BCUT2D eigenvalue weighted by molar-refractivity contribution is 0.0531.